The number of nitrogens with zero attached hydrogens (tertiary/aromatic N) is 7. The lowest BCUT2D eigenvalue weighted by molar-refractivity contribution is -0.138. The molecule has 1 fully saturated rings. The van der Waals surface area contributed by atoms with Gasteiger partial charge in [-0.1, -0.05) is 6.07 Å². The number of aryl methyl sites for hydroxylation is 1. The number of carbonyl (C=O) groups excluding carboxylic acids is 1. The number of morpholine rings is 1. The maximum absolute atomic E-state index is 13.1. The van der Waals surface area contributed by atoms with Crippen molar-refractivity contribution in [2.45, 2.75) is 26.0 Å². The van der Waals surface area contributed by atoms with Gasteiger partial charge in [-0.3, -0.25) is 9.48 Å². The van der Waals surface area contributed by atoms with E-state index in [2.05, 4.69) is 31.4 Å². The molecule has 1 amide bonds. The number of fused-ring (bicyclic) bond motifs is 3. The smallest absolute Gasteiger partial charge is 0.245 e. The zero-order chi connectivity index (χ0) is 22.4. The molecule has 1 aliphatic heterocycles. The molecule has 1 saturated heterocycles. The summed E-state index contributed by atoms with van der Waals surface area (Å²) in [4.78, 5) is 24.4. The van der Waals surface area contributed by atoms with E-state index >= 15 is 0 Å². The van der Waals surface area contributed by atoms with Gasteiger partial charge in [0.15, 0.2) is 11.5 Å². The van der Waals surface area contributed by atoms with Gasteiger partial charge in [-0.05, 0) is 41.9 Å². The van der Waals surface area contributed by atoms with E-state index in [0.29, 0.717) is 37.1 Å². The topological polar surface area (TPSA) is 102 Å². The third-order valence-electron chi connectivity index (χ3n) is 5.49. The molecular formula is C21H23BrN8O2. The molecule has 0 spiro atoms. The lowest BCUT2D eigenvalue weighted by Gasteiger charge is -2.33. The molecule has 1 aliphatic rings. The van der Waals surface area contributed by atoms with Gasteiger partial charge in [-0.2, -0.15) is 9.61 Å². The van der Waals surface area contributed by atoms with Crippen LogP contribution in [-0.2, 0) is 16.6 Å². The molecule has 3 aromatic heterocycles. The highest BCUT2D eigenvalue weighted by Gasteiger charge is 2.27. The summed E-state index contributed by atoms with van der Waals surface area (Å²) in [5.74, 6) is 0.982. The number of ether oxygens (including phenoxy) is 1. The summed E-state index contributed by atoms with van der Waals surface area (Å²) in [6, 6.07) is 5.32. The van der Waals surface area contributed by atoms with Crippen molar-refractivity contribution < 1.29 is 9.53 Å². The second-order valence-electron chi connectivity index (χ2n) is 7.98. The van der Waals surface area contributed by atoms with Crippen LogP contribution >= 0.6 is 15.9 Å². The second kappa shape index (κ2) is 8.14. The van der Waals surface area contributed by atoms with Gasteiger partial charge in [0.1, 0.15) is 6.04 Å². The molecule has 0 radical (unpaired) electrons. The van der Waals surface area contributed by atoms with E-state index in [0.717, 1.165) is 20.9 Å². The van der Waals surface area contributed by atoms with Crippen molar-refractivity contribution in [1.82, 2.24) is 34.3 Å². The van der Waals surface area contributed by atoms with Gasteiger partial charge in [-0.15, -0.1) is 5.10 Å². The largest absolute Gasteiger partial charge is 0.375 e. The number of hydrogen-bond acceptors (Lipinski definition) is 7. The van der Waals surface area contributed by atoms with Gasteiger partial charge >= 0.3 is 0 Å². The molecule has 2 atom stereocenters. The maximum Gasteiger partial charge on any atom is 0.245 e. The van der Waals surface area contributed by atoms with E-state index in [-0.39, 0.29) is 12.0 Å². The molecule has 1 aromatic carbocycles. The summed E-state index contributed by atoms with van der Waals surface area (Å²) in [5.41, 5.74) is 2.20. The van der Waals surface area contributed by atoms with E-state index in [1.165, 1.54) is 0 Å². The number of benzene rings is 1. The first-order valence-corrected chi connectivity index (χ1v) is 11.2. The second-order valence-corrected chi connectivity index (χ2v) is 8.83. The monoisotopic (exact) mass is 498 g/mol. The van der Waals surface area contributed by atoms with Gasteiger partial charge in [0.25, 0.3) is 0 Å². The van der Waals surface area contributed by atoms with Crippen LogP contribution in [0.3, 0.4) is 0 Å². The molecule has 0 aliphatic carbocycles. The predicted octanol–water partition coefficient (Wildman–Crippen LogP) is 2.49. The molecule has 32 heavy (non-hydrogen) atoms. The van der Waals surface area contributed by atoms with E-state index in [1.807, 2.05) is 50.2 Å². The van der Waals surface area contributed by atoms with Crippen LogP contribution in [0.25, 0.3) is 27.9 Å². The van der Waals surface area contributed by atoms with Crippen LogP contribution in [0.15, 0.2) is 35.1 Å². The van der Waals surface area contributed by atoms with Crippen LogP contribution in [0.5, 0.6) is 0 Å². The average molecular weight is 499 g/mol. The summed E-state index contributed by atoms with van der Waals surface area (Å²) in [7, 11) is 1.85. The van der Waals surface area contributed by atoms with Gasteiger partial charge in [0, 0.05) is 36.2 Å². The Bertz CT molecular complexity index is 1320. The molecule has 0 unspecified atom stereocenters. The molecule has 0 bridgehead atoms. The average Bonchev–Trinajstić information content (AvgIpc) is 3.41. The number of aromatic nitrogens is 6. The van der Waals surface area contributed by atoms with Gasteiger partial charge in [0.2, 0.25) is 11.9 Å². The number of halogens is 1. The van der Waals surface area contributed by atoms with Crippen LogP contribution in [-0.4, -0.2) is 72.0 Å². The highest BCUT2D eigenvalue weighted by molar-refractivity contribution is 9.10. The Morgan fingerprint density at radius 2 is 2.19 bits per heavy atom. The summed E-state index contributed by atoms with van der Waals surface area (Å²) in [5, 5.41) is 13.0. The van der Waals surface area contributed by atoms with Crippen LogP contribution in [0, 0.1) is 0 Å². The van der Waals surface area contributed by atoms with E-state index in [9.17, 15) is 4.79 Å². The zero-order valence-corrected chi connectivity index (χ0v) is 19.6. The summed E-state index contributed by atoms with van der Waals surface area (Å²) >= 11 is 3.59. The minimum Gasteiger partial charge on any atom is -0.375 e. The van der Waals surface area contributed by atoms with E-state index in [4.69, 9.17) is 14.7 Å². The Balaban J connectivity index is 1.57. The molecular weight excluding hydrogens is 476 g/mol. The molecule has 11 heteroatoms. The molecule has 4 aromatic rings. The van der Waals surface area contributed by atoms with Crippen molar-refractivity contribution in [3.8, 4) is 11.4 Å². The number of amides is 1. The molecule has 5 rings (SSSR count). The quantitative estimate of drug-likeness (QED) is 0.460. The van der Waals surface area contributed by atoms with Crippen LogP contribution in [0.1, 0.15) is 13.8 Å². The zero-order valence-electron chi connectivity index (χ0n) is 18.0. The first-order chi connectivity index (χ1) is 15.4. The first kappa shape index (κ1) is 20.8. The number of para-hydroxylation sites is 1. The number of rotatable bonds is 4. The lowest BCUT2D eigenvalue weighted by Crippen LogP contribution is -2.49. The third kappa shape index (κ3) is 3.71. The van der Waals surface area contributed by atoms with Crippen molar-refractivity contribution in [3.05, 3.63) is 35.1 Å². The van der Waals surface area contributed by atoms with Gasteiger partial charge in [0.05, 0.1) is 30.0 Å². The molecule has 1 N–H and O–H groups in total. The van der Waals surface area contributed by atoms with Crippen molar-refractivity contribution >= 4 is 44.3 Å². The van der Waals surface area contributed by atoms with E-state index in [1.54, 1.807) is 15.4 Å². The number of carbonyl (C=O) groups is 1. The van der Waals surface area contributed by atoms with Crippen LogP contribution in [0.4, 0.5) is 5.95 Å². The fourth-order valence-corrected chi connectivity index (χ4v) is 4.35. The minimum atomic E-state index is -0.498. The number of hydrogen-bond donors (Lipinski definition) is 1. The highest BCUT2D eigenvalue weighted by atomic mass is 79.9. The Morgan fingerprint density at radius 3 is 2.94 bits per heavy atom. The number of nitrogens with one attached hydrogen (secondary N) is 1. The molecule has 0 saturated carbocycles. The third-order valence-corrected chi connectivity index (χ3v) is 6.12. The van der Waals surface area contributed by atoms with Crippen LogP contribution < -0.4 is 5.32 Å². The minimum absolute atomic E-state index is 0.00470. The number of anilines is 1. The Labute approximate surface area is 192 Å². The summed E-state index contributed by atoms with van der Waals surface area (Å²) in [6.45, 7) is 5.50. The fraction of sp³-hybridized carbons (Fsp3) is 0.381. The molecule has 4 heterocycles. The van der Waals surface area contributed by atoms with Crippen molar-refractivity contribution in [3.63, 3.8) is 0 Å². The summed E-state index contributed by atoms with van der Waals surface area (Å²) in [6.07, 6.45) is 3.61. The van der Waals surface area contributed by atoms with Gasteiger partial charge < -0.3 is 15.0 Å². The van der Waals surface area contributed by atoms with Gasteiger partial charge in [-0.25, -0.2) is 9.97 Å². The maximum atomic E-state index is 13.1. The van der Waals surface area contributed by atoms with E-state index < -0.39 is 6.04 Å². The lowest BCUT2D eigenvalue weighted by atomic mass is 10.2. The molecule has 166 valence electrons. The first-order valence-electron chi connectivity index (χ1n) is 10.4. The van der Waals surface area contributed by atoms with Crippen molar-refractivity contribution in [2.24, 2.45) is 7.05 Å². The van der Waals surface area contributed by atoms with Crippen LogP contribution in [0.2, 0.25) is 0 Å². The Morgan fingerprint density at radius 1 is 1.34 bits per heavy atom. The van der Waals surface area contributed by atoms with Crippen molar-refractivity contribution in [2.75, 3.05) is 25.0 Å². The Kier molecular flexibility index (Phi) is 5.30. The summed E-state index contributed by atoms with van der Waals surface area (Å²) < 4.78 is 9.76. The SMILES string of the molecule is C[C@@H]1CN(C(=O)[C@@H](C)Nc2nc3c(Br)cccc3c3nc(-c4cnn(C)c4)nn23)CCO1. The highest BCUT2D eigenvalue weighted by Crippen LogP contribution is 2.28. The normalized spacial score (nSPS) is 17.8. The van der Waals surface area contributed by atoms with Crippen molar-refractivity contribution in [1.29, 1.82) is 0 Å². The standard InChI is InChI=1S/C21H23BrN8O2/c1-12-10-29(7-8-32-12)20(31)13(2)24-21-25-17-15(5-4-6-16(17)22)19-26-18(27-30(19)21)14-9-23-28(3)11-14/h4-6,9,11-13H,7-8,10H2,1-3H3,(H,24,25)/t12-,13-/m1/s1. The fourth-order valence-electron chi connectivity index (χ4n) is 3.90. The molecule has 10 nitrogen and oxygen atoms in total. The predicted molar refractivity (Wildman–Crippen MR) is 123 cm³/mol. The Hall–Kier alpha value is -3.05.